The van der Waals surface area contributed by atoms with Gasteiger partial charge in [-0.1, -0.05) is 18.2 Å². The topological polar surface area (TPSA) is 99.0 Å². The average molecular weight is 429 g/mol. The van der Waals surface area contributed by atoms with Crippen molar-refractivity contribution in [2.24, 2.45) is 0 Å². The van der Waals surface area contributed by atoms with Crippen molar-refractivity contribution < 1.29 is 18.7 Å². The molecule has 30 heavy (non-hydrogen) atoms. The Morgan fingerprint density at radius 1 is 1.13 bits per heavy atom. The fourth-order valence-corrected chi connectivity index (χ4v) is 3.07. The molecule has 0 fully saturated rings. The average Bonchev–Trinajstić information content (AvgIpc) is 3.12. The van der Waals surface area contributed by atoms with E-state index in [1.165, 1.54) is 6.20 Å². The van der Waals surface area contributed by atoms with Gasteiger partial charge in [-0.25, -0.2) is 13.8 Å². The molecule has 1 N–H and O–H groups in total. The second kappa shape index (κ2) is 9.04. The SMILES string of the molecule is CC(C)(C)OC(=O)n1c(SC(F)C(=O)Nc2ccccc2)nnc1-c1cccnc1. The van der Waals surface area contributed by atoms with Crippen LogP contribution in [-0.4, -0.2) is 42.9 Å². The number of hydrogen-bond donors (Lipinski definition) is 1. The molecule has 10 heteroatoms. The van der Waals surface area contributed by atoms with Gasteiger partial charge >= 0.3 is 6.09 Å². The van der Waals surface area contributed by atoms with Crippen LogP contribution >= 0.6 is 11.8 Å². The largest absolute Gasteiger partial charge is 0.443 e. The van der Waals surface area contributed by atoms with Gasteiger partial charge in [0.1, 0.15) is 5.60 Å². The third kappa shape index (κ3) is 5.41. The number of hydrogen-bond acceptors (Lipinski definition) is 7. The first-order valence-corrected chi connectivity index (χ1v) is 9.88. The highest BCUT2D eigenvalue weighted by Crippen LogP contribution is 2.29. The van der Waals surface area contributed by atoms with Gasteiger partial charge in [-0.05, 0) is 56.8 Å². The van der Waals surface area contributed by atoms with E-state index in [1.54, 1.807) is 69.4 Å². The molecule has 3 rings (SSSR count). The molecule has 1 unspecified atom stereocenters. The number of nitrogens with one attached hydrogen (secondary N) is 1. The zero-order valence-corrected chi connectivity index (χ0v) is 17.4. The number of halogens is 1. The molecule has 0 saturated carbocycles. The third-order valence-electron chi connectivity index (χ3n) is 3.59. The lowest BCUT2D eigenvalue weighted by Crippen LogP contribution is -2.28. The van der Waals surface area contributed by atoms with Crippen LogP contribution in [0.3, 0.4) is 0 Å². The van der Waals surface area contributed by atoms with E-state index >= 15 is 0 Å². The van der Waals surface area contributed by atoms with Crippen LogP contribution in [0.1, 0.15) is 20.8 Å². The smallest absolute Gasteiger partial charge is 0.422 e. The van der Waals surface area contributed by atoms with Gasteiger partial charge in [0.15, 0.2) is 5.82 Å². The number of pyridine rings is 1. The molecule has 1 aromatic carbocycles. The molecule has 2 aromatic heterocycles. The van der Waals surface area contributed by atoms with Crippen LogP contribution in [0.15, 0.2) is 60.0 Å². The molecule has 1 atom stereocenters. The normalized spacial score (nSPS) is 12.3. The zero-order valence-electron chi connectivity index (χ0n) is 16.6. The summed E-state index contributed by atoms with van der Waals surface area (Å²) in [7, 11) is 0. The Balaban J connectivity index is 1.87. The van der Waals surface area contributed by atoms with Crippen molar-refractivity contribution in [1.82, 2.24) is 19.7 Å². The van der Waals surface area contributed by atoms with Crippen molar-refractivity contribution in [3.05, 3.63) is 54.9 Å². The summed E-state index contributed by atoms with van der Waals surface area (Å²) >= 11 is 0.457. The Labute approximate surface area is 176 Å². The Morgan fingerprint density at radius 2 is 1.87 bits per heavy atom. The number of alkyl halides is 1. The standard InChI is InChI=1S/C20H20FN5O3S/c1-20(2,3)29-19(28)26-16(13-8-7-11-22-12-13)24-25-18(26)30-15(21)17(27)23-14-9-5-4-6-10-14/h4-12,15H,1-3H3,(H,23,27). The van der Waals surface area contributed by atoms with Crippen LogP contribution in [-0.2, 0) is 9.53 Å². The number of amides is 1. The lowest BCUT2D eigenvalue weighted by Gasteiger charge is -2.20. The van der Waals surface area contributed by atoms with Crippen molar-refractivity contribution in [3.8, 4) is 11.4 Å². The minimum atomic E-state index is -2.03. The van der Waals surface area contributed by atoms with Gasteiger partial charge in [-0.2, -0.15) is 0 Å². The van der Waals surface area contributed by atoms with E-state index in [1.807, 2.05) is 0 Å². The van der Waals surface area contributed by atoms with Crippen LogP contribution in [0.2, 0.25) is 0 Å². The maximum atomic E-state index is 14.7. The Bertz CT molecular complexity index is 1020. The number of carbonyl (C=O) groups excluding carboxylic acids is 2. The van der Waals surface area contributed by atoms with E-state index < -0.39 is 23.1 Å². The number of thioether (sulfide) groups is 1. The lowest BCUT2D eigenvalue weighted by molar-refractivity contribution is -0.118. The van der Waals surface area contributed by atoms with Gasteiger partial charge in [0.05, 0.1) is 0 Å². The maximum absolute atomic E-state index is 14.7. The number of rotatable bonds is 5. The minimum absolute atomic E-state index is 0.112. The van der Waals surface area contributed by atoms with Crippen molar-refractivity contribution in [2.75, 3.05) is 5.32 Å². The van der Waals surface area contributed by atoms with E-state index in [0.717, 1.165) is 4.57 Å². The number of nitrogens with zero attached hydrogens (tertiary/aromatic N) is 4. The fraction of sp³-hybridized carbons (Fsp3) is 0.250. The van der Waals surface area contributed by atoms with Crippen LogP contribution < -0.4 is 5.32 Å². The molecule has 0 saturated heterocycles. The van der Waals surface area contributed by atoms with Gasteiger partial charge in [-0.15, -0.1) is 10.2 Å². The molecule has 0 radical (unpaired) electrons. The van der Waals surface area contributed by atoms with E-state index in [-0.39, 0.29) is 11.0 Å². The molecule has 1 amide bonds. The minimum Gasteiger partial charge on any atom is -0.443 e. The maximum Gasteiger partial charge on any atom is 0.422 e. The molecule has 8 nitrogen and oxygen atoms in total. The summed E-state index contributed by atoms with van der Waals surface area (Å²) in [6, 6.07) is 11.8. The Hall–Kier alpha value is -3.27. The summed E-state index contributed by atoms with van der Waals surface area (Å²) in [6.45, 7) is 5.12. The summed E-state index contributed by atoms with van der Waals surface area (Å²) in [5.41, 5.74) is -1.88. The second-order valence-electron chi connectivity index (χ2n) is 7.15. The summed E-state index contributed by atoms with van der Waals surface area (Å²) in [5.74, 6) is -0.747. The summed E-state index contributed by atoms with van der Waals surface area (Å²) in [4.78, 5) is 29.0. The third-order valence-corrected chi connectivity index (χ3v) is 4.48. The number of anilines is 1. The van der Waals surface area contributed by atoms with Gasteiger partial charge in [0.25, 0.3) is 5.91 Å². The van der Waals surface area contributed by atoms with Crippen LogP contribution in [0.25, 0.3) is 11.4 Å². The van der Waals surface area contributed by atoms with Crippen molar-refractivity contribution >= 4 is 29.4 Å². The van der Waals surface area contributed by atoms with E-state index in [4.69, 9.17) is 4.74 Å². The number of carbonyl (C=O) groups is 2. The molecule has 0 aliphatic carbocycles. The highest BCUT2D eigenvalue weighted by Gasteiger charge is 2.29. The lowest BCUT2D eigenvalue weighted by atomic mass is 10.2. The summed E-state index contributed by atoms with van der Waals surface area (Å²) in [6.07, 6.45) is 2.28. The summed E-state index contributed by atoms with van der Waals surface area (Å²) < 4.78 is 21.1. The number of benzene rings is 1. The zero-order chi connectivity index (χ0) is 21.7. The highest BCUT2D eigenvalue weighted by molar-refractivity contribution is 8.00. The first-order valence-electron chi connectivity index (χ1n) is 9.00. The molecule has 0 bridgehead atoms. The predicted molar refractivity (Wildman–Crippen MR) is 111 cm³/mol. The Morgan fingerprint density at radius 3 is 2.50 bits per heavy atom. The van der Waals surface area contributed by atoms with E-state index in [2.05, 4.69) is 20.5 Å². The van der Waals surface area contributed by atoms with Gasteiger partial charge < -0.3 is 10.1 Å². The molecule has 2 heterocycles. The van der Waals surface area contributed by atoms with Crippen LogP contribution in [0.5, 0.6) is 0 Å². The molecular weight excluding hydrogens is 409 g/mol. The fourth-order valence-electron chi connectivity index (χ4n) is 2.37. The number of para-hydroxylation sites is 1. The van der Waals surface area contributed by atoms with Crippen molar-refractivity contribution in [1.29, 1.82) is 0 Å². The van der Waals surface area contributed by atoms with E-state index in [9.17, 15) is 14.0 Å². The number of ether oxygens (including phenoxy) is 1. The first-order chi connectivity index (χ1) is 14.2. The molecule has 3 aromatic rings. The van der Waals surface area contributed by atoms with Gasteiger partial charge in [-0.3, -0.25) is 9.78 Å². The van der Waals surface area contributed by atoms with Crippen LogP contribution in [0.4, 0.5) is 14.9 Å². The molecule has 156 valence electrons. The Kier molecular flexibility index (Phi) is 6.46. The van der Waals surface area contributed by atoms with Gasteiger partial charge in [0, 0.05) is 23.6 Å². The monoisotopic (exact) mass is 429 g/mol. The predicted octanol–water partition coefficient (Wildman–Crippen LogP) is 4.15. The quantitative estimate of drug-likeness (QED) is 0.608. The molecule has 0 aliphatic rings. The second-order valence-corrected chi connectivity index (χ2v) is 8.17. The van der Waals surface area contributed by atoms with E-state index in [0.29, 0.717) is 23.0 Å². The highest BCUT2D eigenvalue weighted by atomic mass is 32.2. The summed E-state index contributed by atoms with van der Waals surface area (Å²) in [5, 5.41) is 10.2. The molecule has 0 aliphatic heterocycles. The molecular formula is C20H20FN5O3S. The van der Waals surface area contributed by atoms with Crippen LogP contribution in [0, 0.1) is 0 Å². The number of aromatic nitrogens is 4. The molecule has 0 spiro atoms. The van der Waals surface area contributed by atoms with Crippen molar-refractivity contribution in [2.45, 2.75) is 37.0 Å². The van der Waals surface area contributed by atoms with Crippen molar-refractivity contribution in [3.63, 3.8) is 0 Å². The first kappa shape index (κ1) is 21.4. The van der Waals surface area contributed by atoms with Gasteiger partial charge in [0.2, 0.25) is 10.7 Å².